The van der Waals surface area contributed by atoms with Crippen LogP contribution in [0.2, 0.25) is 10.0 Å². The Morgan fingerprint density at radius 1 is 0.982 bits per heavy atom. The number of carbonyl (C=O) groups excluding carboxylic acids is 1. The molecule has 0 saturated carbocycles. The normalized spacial score (nSPS) is 14.2. The van der Waals surface area contributed by atoms with Crippen molar-refractivity contribution in [2.75, 3.05) is 18.1 Å². The van der Waals surface area contributed by atoms with Crippen LogP contribution in [0.25, 0.3) is 32.9 Å². The van der Waals surface area contributed by atoms with Crippen molar-refractivity contribution in [1.82, 2.24) is 28.9 Å². The first kappa shape index (κ1) is 37.3. The average molecular weight is 791 g/mol. The molecule has 4 aromatic heterocycles. The Kier molecular flexibility index (Phi) is 9.62. The van der Waals surface area contributed by atoms with Crippen LogP contribution < -0.4 is 9.64 Å². The number of aromatic carboxylic acids is 1. The van der Waals surface area contributed by atoms with Crippen LogP contribution in [-0.4, -0.2) is 59.0 Å². The first-order chi connectivity index (χ1) is 26.8. The smallest absolute Gasteiger partial charge is 0.352 e. The highest BCUT2D eigenvalue weighted by atomic mass is 35.5. The number of benzene rings is 3. The van der Waals surface area contributed by atoms with Crippen molar-refractivity contribution < 1.29 is 19.4 Å². The van der Waals surface area contributed by atoms with Crippen LogP contribution in [0.5, 0.6) is 5.75 Å². The standard InChI is InChI=1S/C43H41Cl2N7O4/c1-23-15-30(16-24(2)38(23)45)56-14-8-10-31-32-12-13-33(44)37(36-26(4)48-49(6)27(36)5)40(32)52-25(3)20-51(42(53)41(31)52)34-11-7-9-29-17-35(43(54)55)50(39(29)34)21-28-18-46-22-47-19-28/h7,9,11-13,15-19,22,25H,8,10,14,20-21H2,1-6H3,(H,54,55)/t25-/m1/s1. The summed E-state index contributed by atoms with van der Waals surface area (Å²) in [4.78, 5) is 38.0. The van der Waals surface area contributed by atoms with Gasteiger partial charge in [-0.2, -0.15) is 5.10 Å². The van der Waals surface area contributed by atoms with E-state index in [-0.39, 0.29) is 24.2 Å². The van der Waals surface area contributed by atoms with Gasteiger partial charge in [-0.05, 0) is 94.5 Å². The number of hydrogen-bond donors (Lipinski definition) is 1. The second-order valence-corrected chi connectivity index (χ2v) is 15.4. The summed E-state index contributed by atoms with van der Waals surface area (Å²) < 4.78 is 12.0. The number of ether oxygens (including phenoxy) is 1. The molecule has 11 nitrogen and oxygen atoms in total. The predicted molar refractivity (Wildman–Crippen MR) is 220 cm³/mol. The highest BCUT2D eigenvalue weighted by Gasteiger charge is 2.38. The van der Waals surface area contributed by atoms with Crippen molar-refractivity contribution in [3.05, 3.63) is 122 Å². The average Bonchev–Trinajstić information content (AvgIpc) is 3.79. The Hall–Kier alpha value is -5.65. The Morgan fingerprint density at radius 3 is 2.39 bits per heavy atom. The molecule has 56 heavy (non-hydrogen) atoms. The van der Waals surface area contributed by atoms with Gasteiger partial charge in [0.25, 0.3) is 5.91 Å². The van der Waals surface area contributed by atoms with Gasteiger partial charge in [-0.1, -0.05) is 41.4 Å². The Bertz CT molecular complexity index is 2690. The molecule has 3 aromatic carbocycles. The van der Waals surface area contributed by atoms with E-state index in [0.717, 1.165) is 66.4 Å². The number of hydrogen-bond acceptors (Lipinski definition) is 6. The molecule has 0 bridgehead atoms. The van der Waals surface area contributed by atoms with Crippen LogP contribution in [0.4, 0.5) is 5.69 Å². The molecule has 0 unspecified atom stereocenters. The number of amides is 1. The first-order valence-electron chi connectivity index (χ1n) is 18.5. The van der Waals surface area contributed by atoms with Crippen molar-refractivity contribution in [2.24, 2.45) is 7.05 Å². The molecule has 13 heteroatoms. The lowest BCUT2D eigenvalue weighted by Crippen LogP contribution is -2.43. The molecule has 0 spiro atoms. The number of aromatic nitrogens is 6. The van der Waals surface area contributed by atoms with Crippen molar-refractivity contribution in [3.8, 4) is 16.9 Å². The summed E-state index contributed by atoms with van der Waals surface area (Å²) in [5.41, 5.74) is 10.0. The number of aryl methyl sites for hydroxylation is 5. The molecule has 7 aromatic rings. The lowest BCUT2D eigenvalue weighted by Gasteiger charge is -2.35. The zero-order chi connectivity index (χ0) is 39.6. The summed E-state index contributed by atoms with van der Waals surface area (Å²) in [6.07, 6.45) is 5.96. The van der Waals surface area contributed by atoms with Gasteiger partial charge in [0.1, 0.15) is 23.5 Å². The molecule has 0 aliphatic carbocycles. The fraction of sp³-hybridized carbons (Fsp3) is 0.279. The summed E-state index contributed by atoms with van der Waals surface area (Å²) in [6, 6.07) is 14.9. The van der Waals surface area contributed by atoms with E-state index in [9.17, 15) is 9.90 Å². The van der Waals surface area contributed by atoms with Crippen LogP contribution in [0.3, 0.4) is 0 Å². The van der Waals surface area contributed by atoms with E-state index < -0.39 is 5.97 Å². The zero-order valence-electron chi connectivity index (χ0n) is 32.0. The third-order valence-electron chi connectivity index (χ3n) is 10.9. The number of para-hydroxylation sites is 1. The molecule has 1 aliphatic rings. The van der Waals surface area contributed by atoms with Gasteiger partial charge in [0.15, 0.2) is 0 Å². The minimum Gasteiger partial charge on any atom is -0.494 e. The monoisotopic (exact) mass is 789 g/mol. The number of halogens is 2. The van der Waals surface area contributed by atoms with Crippen molar-refractivity contribution >= 4 is 62.6 Å². The summed E-state index contributed by atoms with van der Waals surface area (Å²) >= 11 is 13.5. The maximum atomic E-state index is 15.3. The number of anilines is 1. The molecule has 8 rings (SSSR count). The van der Waals surface area contributed by atoms with E-state index >= 15 is 4.79 Å². The molecular formula is C43H41Cl2N7O4. The minimum atomic E-state index is -1.07. The number of carbonyl (C=O) groups is 2. The van der Waals surface area contributed by atoms with Gasteiger partial charge >= 0.3 is 5.97 Å². The molecule has 1 atom stereocenters. The largest absolute Gasteiger partial charge is 0.494 e. The quantitative estimate of drug-likeness (QED) is 0.137. The van der Waals surface area contributed by atoms with Crippen LogP contribution in [0, 0.1) is 27.7 Å². The van der Waals surface area contributed by atoms with Gasteiger partial charge in [0, 0.05) is 70.2 Å². The topological polar surface area (TPSA) is 120 Å². The molecule has 0 fully saturated rings. The molecule has 286 valence electrons. The number of carboxylic acid groups (broad SMARTS) is 1. The lowest BCUT2D eigenvalue weighted by atomic mass is 9.98. The Labute approximate surface area is 334 Å². The lowest BCUT2D eigenvalue weighted by molar-refractivity contribution is 0.0686. The van der Waals surface area contributed by atoms with E-state index in [2.05, 4.69) is 21.5 Å². The molecule has 0 saturated heterocycles. The Balaban J connectivity index is 1.28. The molecule has 5 heterocycles. The maximum Gasteiger partial charge on any atom is 0.352 e. The van der Waals surface area contributed by atoms with Crippen molar-refractivity contribution in [3.63, 3.8) is 0 Å². The van der Waals surface area contributed by atoms with Crippen LogP contribution in [0.1, 0.15) is 74.0 Å². The van der Waals surface area contributed by atoms with E-state index in [0.29, 0.717) is 53.3 Å². The van der Waals surface area contributed by atoms with Gasteiger partial charge in [0.05, 0.1) is 40.6 Å². The summed E-state index contributed by atoms with van der Waals surface area (Å²) in [6.45, 7) is 11.0. The molecule has 1 N–H and O–H groups in total. The van der Waals surface area contributed by atoms with Crippen molar-refractivity contribution in [2.45, 2.75) is 60.0 Å². The van der Waals surface area contributed by atoms with E-state index in [1.807, 2.05) is 81.9 Å². The van der Waals surface area contributed by atoms with Crippen molar-refractivity contribution in [1.29, 1.82) is 0 Å². The predicted octanol–water partition coefficient (Wildman–Crippen LogP) is 9.31. The third kappa shape index (κ3) is 6.19. The zero-order valence-corrected chi connectivity index (χ0v) is 33.5. The van der Waals surface area contributed by atoms with Crippen LogP contribution in [0.15, 0.2) is 67.3 Å². The highest BCUT2D eigenvalue weighted by Crippen LogP contribution is 2.46. The number of nitrogens with zero attached hydrogens (tertiary/aromatic N) is 7. The fourth-order valence-corrected chi connectivity index (χ4v) is 8.75. The summed E-state index contributed by atoms with van der Waals surface area (Å²) in [7, 11) is 1.92. The van der Waals surface area contributed by atoms with E-state index in [1.54, 1.807) is 27.9 Å². The molecule has 1 amide bonds. The number of fused-ring (bicyclic) bond motifs is 4. The maximum absolute atomic E-state index is 15.3. The fourth-order valence-electron chi connectivity index (χ4n) is 8.40. The first-order valence-corrected chi connectivity index (χ1v) is 19.3. The van der Waals surface area contributed by atoms with Gasteiger partial charge in [0.2, 0.25) is 0 Å². The number of carboxylic acids is 1. The SMILES string of the molecule is Cc1cc(OCCCc2c3n(c4c(-c5c(C)nn(C)c5C)c(Cl)ccc24)[C@H](C)CN(c2cccc4cc(C(=O)O)n(Cc5cncnc5)c24)C3=O)cc(C)c1Cl. The minimum absolute atomic E-state index is 0.108. The van der Waals surface area contributed by atoms with Crippen LogP contribution in [-0.2, 0) is 20.0 Å². The summed E-state index contributed by atoms with van der Waals surface area (Å²) in [5, 5.41) is 18.0. The van der Waals surface area contributed by atoms with Gasteiger partial charge in [-0.25, -0.2) is 14.8 Å². The van der Waals surface area contributed by atoms with E-state index in [4.69, 9.17) is 33.0 Å². The molecule has 0 radical (unpaired) electrons. The van der Waals surface area contributed by atoms with Gasteiger partial charge in [-0.3, -0.25) is 9.48 Å². The van der Waals surface area contributed by atoms with Gasteiger partial charge in [-0.15, -0.1) is 0 Å². The Morgan fingerprint density at radius 2 is 1.71 bits per heavy atom. The summed E-state index contributed by atoms with van der Waals surface area (Å²) in [5.74, 6) is -0.498. The van der Waals surface area contributed by atoms with Gasteiger partial charge < -0.3 is 23.9 Å². The number of rotatable bonds is 10. The van der Waals surface area contributed by atoms with E-state index in [1.165, 1.54) is 6.33 Å². The molecule has 1 aliphatic heterocycles. The highest BCUT2D eigenvalue weighted by molar-refractivity contribution is 6.35. The second kappa shape index (κ2) is 14.5. The third-order valence-corrected chi connectivity index (χ3v) is 11.8. The molecular weight excluding hydrogens is 749 g/mol. The van der Waals surface area contributed by atoms with Crippen LogP contribution >= 0.6 is 23.2 Å². The second-order valence-electron chi connectivity index (χ2n) is 14.7.